The molecule has 10 heteroatoms. The van der Waals surface area contributed by atoms with Gasteiger partial charge in [0, 0.05) is 25.2 Å². The number of pyridine rings is 1. The Labute approximate surface area is 160 Å². The predicted octanol–water partition coefficient (Wildman–Crippen LogP) is 3.64. The lowest BCUT2D eigenvalue weighted by Gasteiger charge is -2.35. The van der Waals surface area contributed by atoms with Crippen LogP contribution in [0.3, 0.4) is 0 Å². The van der Waals surface area contributed by atoms with Gasteiger partial charge in [-0.3, -0.25) is 9.69 Å². The molecular weight excluding hydrogens is 387 g/mol. The summed E-state index contributed by atoms with van der Waals surface area (Å²) in [5.41, 5.74) is -1.10. The zero-order valence-corrected chi connectivity index (χ0v) is 16.2. The van der Waals surface area contributed by atoms with Crippen molar-refractivity contribution in [2.45, 2.75) is 46.0 Å². The summed E-state index contributed by atoms with van der Waals surface area (Å²) in [4.78, 5) is 30.5. The largest absolute Gasteiger partial charge is 0.444 e. The summed E-state index contributed by atoms with van der Waals surface area (Å²) in [5, 5.41) is -0.287. The Bertz CT molecular complexity index is 724. The first-order valence-electron chi connectivity index (χ1n) is 8.27. The second-order valence-electron chi connectivity index (χ2n) is 7.31. The number of nitrogens with zero attached hydrogens (tertiary/aromatic N) is 3. The number of rotatable bonds is 2. The zero-order valence-electron chi connectivity index (χ0n) is 15.5. The van der Waals surface area contributed by atoms with E-state index in [0.29, 0.717) is 11.1 Å². The second-order valence-corrected chi connectivity index (χ2v) is 7.67. The van der Waals surface area contributed by atoms with Gasteiger partial charge in [0.2, 0.25) is 5.91 Å². The number of piperazine rings is 1. The van der Waals surface area contributed by atoms with Crippen molar-refractivity contribution in [3.8, 4) is 0 Å². The number of aryl methyl sites for hydroxylation is 1. The number of hydrogen-bond donors (Lipinski definition) is 0. The first-order chi connectivity index (χ1) is 12.3. The Hall–Kier alpha value is -2.03. The fourth-order valence-corrected chi connectivity index (χ4v) is 2.84. The fraction of sp³-hybridized carbons (Fsp3) is 0.588. The molecule has 2 amide bonds. The zero-order chi connectivity index (χ0) is 20.6. The SMILES string of the molecule is Cc1cc(C(F)(F)F)nc(Cl)c1CN1CCN(C(=O)OC(C)(C)C)CC1=O. The number of ether oxygens (including phenoxy) is 1. The van der Waals surface area contributed by atoms with E-state index >= 15 is 0 Å². The Kier molecular flexibility index (Phi) is 5.94. The van der Waals surface area contributed by atoms with Crippen LogP contribution in [0.2, 0.25) is 5.15 Å². The molecular formula is C17H21ClF3N3O3. The first kappa shape index (κ1) is 21.3. The van der Waals surface area contributed by atoms with Crippen LogP contribution in [0.5, 0.6) is 0 Å². The fourth-order valence-electron chi connectivity index (χ4n) is 2.54. The molecule has 0 N–H and O–H groups in total. The van der Waals surface area contributed by atoms with E-state index in [2.05, 4.69) is 4.98 Å². The van der Waals surface area contributed by atoms with Gasteiger partial charge in [-0.05, 0) is 39.3 Å². The number of carbonyl (C=O) groups excluding carboxylic acids is 2. The second kappa shape index (κ2) is 7.53. The molecule has 1 aliphatic heterocycles. The highest BCUT2D eigenvalue weighted by molar-refractivity contribution is 6.30. The maximum atomic E-state index is 12.8. The van der Waals surface area contributed by atoms with Gasteiger partial charge < -0.3 is 9.64 Å². The smallest absolute Gasteiger partial charge is 0.433 e. The lowest BCUT2D eigenvalue weighted by molar-refractivity contribution is -0.141. The van der Waals surface area contributed by atoms with Crippen molar-refractivity contribution in [1.82, 2.24) is 14.8 Å². The summed E-state index contributed by atoms with van der Waals surface area (Å²) >= 11 is 5.93. The molecule has 1 aliphatic rings. The molecule has 0 unspecified atom stereocenters. The Morgan fingerprint density at radius 2 is 1.93 bits per heavy atom. The summed E-state index contributed by atoms with van der Waals surface area (Å²) in [7, 11) is 0. The lowest BCUT2D eigenvalue weighted by atomic mass is 10.1. The van der Waals surface area contributed by atoms with Crippen molar-refractivity contribution >= 4 is 23.6 Å². The van der Waals surface area contributed by atoms with Gasteiger partial charge in [0.05, 0.1) is 0 Å². The molecule has 1 saturated heterocycles. The maximum absolute atomic E-state index is 12.8. The van der Waals surface area contributed by atoms with Crippen molar-refractivity contribution in [3.05, 3.63) is 28.0 Å². The van der Waals surface area contributed by atoms with Crippen LogP contribution in [0.15, 0.2) is 6.07 Å². The third kappa shape index (κ3) is 5.47. The molecule has 150 valence electrons. The molecule has 27 heavy (non-hydrogen) atoms. The lowest BCUT2D eigenvalue weighted by Crippen LogP contribution is -2.52. The summed E-state index contributed by atoms with van der Waals surface area (Å²) < 4.78 is 43.6. The van der Waals surface area contributed by atoms with E-state index in [1.807, 2.05) is 0 Å². The van der Waals surface area contributed by atoms with E-state index < -0.39 is 23.6 Å². The highest BCUT2D eigenvalue weighted by Gasteiger charge is 2.35. The van der Waals surface area contributed by atoms with Gasteiger partial charge in [0.15, 0.2) is 0 Å². The van der Waals surface area contributed by atoms with Gasteiger partial charge in [0.25, 0.3) is 0 Å². The molecule has 1 fully saturated rings. The van der Waals surface area contributed by atoms with E-state index in [-0.39, 0.29) is 37.2 Å². The standard InChI is InChI=1S/C17H21ClF3N3O3/c1-10-7-12(17(19,20)21)22-14(18)11(10)8-23-5-6-24(9-13(23)25)15(26)27-16(2,3)4/h7H,5-6,8-9H2,1-4H3. The van der Waals surface area contributed by atoms with E-state index in [1.54, 1.807) is 20.8 Å². The monoisotopic (exact) mass is 407 g/mol. The quantitative estimate of drug-likeness (QED) is 0.702. The third-order valence-electron chi connectivity index (χ3n) is 3.91. The Balaban J connectivity index is 2.08. The van der Waals surface area contributed by atoms with Crippen molar-refractivity contribution < 1.29 is 27.5 Å². The Morgan fingerprint density at radius 3 is 2.41 bits per heavy atom. The van der Waals surface area contributed by atoms with Crippen molar-refractivity contribution in [1.29, 1.82) is 0 Å². The molecule has 0 bridgehead atoms. The van der Waals surface area contributed by atoms with E-state index in [1.165, 1.54) is 16.7 Å². The van der Waals surface area contributed by atoms with Crippen molar-refractivity contribution in [2.75, 3.05) is 19.6 Å². The molecule has 6 nitrogen and oxygen atoms in total. The number of aromatic nitrogens is 1. The van der Waals surface area contributed by atoms with Gasteiger partial charge in [-0.25, -0.2) is 9.78 Å². The van der Waals surface area contributed by atoms with Crippen LogP contribution in [0.4, 0.5) is 18.0 Å². The van der Waals surface area contributed by atoms with Crippen LogP contribution < -0.4 is 0 Å². The molecule has 0 aliphatic carbocycles. The number of halogens is 4. The minimum absolute atomic E-state index is 0.0246. The number of hydrogen-bond acceptors (Lipinski definition) is 4. The van der Waals surface area contributed by atoms with Crippen LogP contribution >= 0.6 is 11.6 Å². The molecule has 0 radical (unpaired) electrons. The van der Waals surface area contributed by atoms with Gasteiger partial charge in [-0.2, -0.15) is 13.2 Å². The van der Waals surface area contributed by atoms with E-state index in [9.17, 15) is 22.8 Å². The average Bonchev–Trinajstić information content (AvgIpc) is 2.49. The number of carbonyl (C=O) groups is 2. The third-order valence-corrected chi connectivity index (χ3v) is 4.22. The van der Waals surface area contributed by atoms with Crippen LogP contribution in [0.25, 0.3) is 0 Å². The normalized spacial score (nSPS) is 15.9. The van der Waals surface area contributed by atoms with Gasteiger partial charge in [0.1, 0.15) is 23.0 Å². The molecule has 0 atom stereocenters. The average molecular weight is 408 g/mol. The number of alkyl halides is 3. The summed E-state index contributed by atoms with van der Waals surface area (Å²) in [6.07, 6.45) is -5.18. The van der Waals surface area contributed by atoms with Crippen LogP contribution in [0, 0.1) is 6.92 Å². The molecule has 0 aromatic carbocycles. The van der Waals surface area contributed by atoms with Crippen LogP contribution in [0.1, 0.15) is 37.6 Å². The molecule has 1 aromatic heterocycles. The molecule has 1 aromatic rings. The predicted molar refractivity (Wildman–Crippen MR) is 92.2 cm³/mol. The summed E-state index contributed by atoms with van der Waals surface area (Å²) in [6, 6.07) is 0.905. The van der Waals surface area contributed by atoms with Gasteiger partial charge in [-0.1, -0.05) is 11.6 Å². The minimum atomic E-state index is -4.60. The van der Waals surface area contributed by atoms with Crippen molar-refractivity contribution in [3.63, 3.8) is 0 Å². The number of amides is 2. The summed E-state index contributed by atoms with van der Waals surface area (Å²) in [6.45, 7) is 7.00. The maximum Gasteiger partial charge on any atom is 0.433 e. The minimum Gasteiger partial charge on any atom is -0.444 e. The van der Waals surface area contributed by atoms with Crippen LogP contribution in [-0.2, 0) is 22.3 Å². The van der Waals surface area contributed by atoms with Crippen LogP contribution in [-0.4, -0.2) is 52.0 Å². The Morgan fingerprint density at radius 1 is 1.30 bits per heavy atom. The van der Waals surface area contributed by atoms with Crippen molar-refractivity contribution in [2.24, 2.45) is 0 Å². The topological polar surface area (TPSA) is 62.7 Å². The van der Waals surface area contributed by atoms with Gasteiger partial charge >= 0.3 is 12.3 Å². The first-order valence-corrected chi connectivity index (χ1v) is 8.64. The van der Waals surface area contributed by atoms with E-state index in [4.69, 9.17) is 16.3 Å². The highest BCUT2D eigenvalue weighted by Crippen LogP contribution is 2.31. The molecule has 0 saturated carbocycles. The molecule has 2 heterocycles. The van der Waals surface area contributed by atoms with Gasteiger partial charge in [-0.15, -0.1) is 0 Å². The highest BCUT2D eigenvalue weighted by atomic mass is 35.5. The molecule has 2 rings (SSSR count). The molecule has 0 spiro atoms. The summed E-state index contributed by atoms with van der Waals surface area (Å²) in [5.74, 6) is -0.345. The van der Waals surface area contributed by atoms with E-state index in [0.717, 1.165) is 6.07 Å².